The average molecular weight is 229 g/mol. The summed E-state index contributed by atoms with van der Waals surface area (Å²) in [5.41, 5.74) is 4.49. The molecule has 1 unspecified atom stereocenters. The van der Waals surface area contributed by atoms with E-state index < -0.39 is 11.3 Å². The van der Waals surface area contributed by atoms with E-state index in [1.54, 1.807) is 13.8 Å². The first-order valence-corrected chi connectivity index (χ1v) is 5.59. The molecule has 0 aliphatic rings. The molecule has 0 aromatic rings. The Kier molecular flexibility index (Phi) is 6.03. The number of nitrogens with one attached hydrogen (secondary N) is 2. The molecule has 0 heterocycles. The highest BCUT2D eigenvalue weighted by molar-refractivity contribution is 5.82. The van der Waals surface area contributed by atoms with Crippen LogP contribution in [0, 0.1) is 5.41 Å². The highest BCUT2D eigenvalue weighted by atomic mass is 16.2. The fraction of sp³-hybridized carbons (Fsp3) is 0.818. The van der Waals surface area contributed by atoms with Gasteiger partial charge in [-0.25, -0.2) is 0 Å². The second-order valence-electron chi connectivity index (χ2n) is 4.72. The topological polar surface area (TPSA) is 84.2 Å². The van der Waals surface area contributed by atoms with Gasteiger partial charge >= 0.3 is 0 Å². The molecule has 0 bridgehead atoms. The summed E-state index contributed by atoms with van der Waals surface area (Å²) < 4.78 is 0. The molecule has 2 amide bonds. The molecule has 0 saturated heterocycles. The summed E-state index contributed by atoms with van der Waals surface area (Å²) in [4.78, 5) is 22.4. The molecule has 0 radical (unpaired) electrons. The lowest BCUT2D eigenvalue weighted by molar-refractivity contribution is -0.126. The number of primary amides is 1. The Hall–Kier alpha value is -1.10. The summed E-state index contributed by atoms with van der Waals surface area (Å²) in [7, 11) is 0. The summed E-state index contributed by atoms with van der Waals surface area (Å²) >= 11 is 0. The van der Waals surface area contributed by atoms with Gasteiger partial charge < -0.3 is 16.4 Å². The van der Waals surface area contributed by atoms with E-state index in [9.17, 15) is 9.59 Å². The van der Waals surface area contributed by atoms with Gasteiger partial charge in [-0.3, -0.25) is 9.59 Å². The van der Waals surface area contributed by atoms with Crippen LogP contribution in [0.5, 0.6) is 0 Å². The van der Waals surface area contributed by atoms with Crippen LogP contribution in [0.3, 0.4) is 0 Å². The molecule has 5 heteroatoms. The smallest absolute Gasteiger partial charge is 0.233 e. The highest BCUT2D eigenvalue weighted by Crippen LogP contribution is 2.11. The number of nitrogens with two attached hydrogens (primary N) is 1. The van der Waals surface area contributed by atoms with Crippen LogP contribution in [0.15, 0.2) is 0 Å². The number of hydrogen-bond donors (Lipinski definition) is 3. The van der Waals surface area contributed by atoms with Gasteiger partial charge in [-0.15, -0.1) is 0 Å². The maximum Gasteiger partial charge on any atom is 0.233 e. The summed E-state index contributed by atoms with van der Waals surface area (Å²) in [6.45, 7) is 8.01. The van der Waals surface area contributed by atoms with Crippen LogP contribution in [0.25, 0.3) is 0 Å². The average Bonchev–Trinajstić information content (AvgIpc) is 2.22. The van der Waals surface area contributed by atoms with E-state index in [-0.39, 0.29) is 19.0 Å². The first kappa shape index (κ1) is 14.9. The van der Waals surface area contributed by atoms with Gasteiger partial charge in [0.05, 0.1) is 12.0 Å². The Bertz CT molecular complexity index is 252. The van der Waals surface area contributed by atoms with Crippen molar-refractivity contribution in [3.05, 3.63) is 0 Å². The van der Waals surface area contributed by atoms with Gasteiger partial charge in [0.25, 0.3) is 0 Å². The molecular weight excluding hydrogens is 206 g/mol. The third-order valence-corrected chi connectivity index (χ3v) is 2.62. The molecule has 0 aliphatic heterocycles. The van der Waals surface area contributed by atoms with Crippen LogP contribution in [-0.2, 0) is 9.59 Å². The molecule has 0 aromatic heterocycles. The van der Waals surface area contributed by atoms with E-state index in [1.807, 2.05) is 13.8 Å². The zero-order chi connectivity index (χ0) is 12.8. The van der Waals surface area contributed by atoms with Crippen LogP contribution in [0.4, 0.5) is 0 Å². The minimum Gasteiger partial charge on any atom is -0.369 e. The highest BCUT2D eigenvalue weighted by Gasteiger charge is 2.25. The van der Waals surface area contributed by atoms with Crippen molar-refractivity contribution in [2.24, 2.45) is 11.1 Å². The van der Waals surface area contributed by atoms with Gasteiger partial charge in [0.15, 0.2) is 0 Å². The second kappa shape index (κ2) is 6.48. The van der Waals surface area contributed by atoms with Crippen molar-refractivity contribution in [3.8, 4) is 0 Å². The fourth-order valence-electron chi connectivity index (χ4n) is 0.880. The van der Waals surface area contributed by atoms with Gasteiger partial charge in [0.2, 0.25) is 11.8 Å². The molecule has 94 valence electrons. The SMILES string of the molecule is CCC(C)NCC(=O)NCC(C)(C)C(N)=O. The van der Waals surface area contributed by atoms with Gasteiger partial charge in [0.1, 0.15) is 0 Å². The van der Waals surface area contributed by atoms with Gasteiger partial charge in [-0.05, 0) is 27.2 Å². The first-order chi connectivity index (χ1) is 7.29. The molecule has 0 spiro atoms. The fourth-order valence-corrected chi connectivity index (χ4v) is 0.880. The molecular formula is C11H23N3O2. The standard InChI is InChI=1S/C11H23N3O2/c1-5-8(2)13-6-9(15)14-7-11(3,4)10(12)16/h8,13H,5-7H2,1-4H3,(H2,12,16)(H,14,15). The van der Waals surface area contributed by atoms with Crippen LogP contribution in [0.2, 0.25) is 0 Å². The predicted molar refractivity (Wildman–Crippen MR) is 63.7 cm³/mol. The Morgan fingerprint density at radius 1 is 1.38 bits per heavy atom. The predicted octanol–water partition coefficient (Wildman–Crippen LogP) is 0.00220. The quantitative estimate of drug-likeness (QED) is 0.574. The molecule has 5 nitrogen and oxygen atoms in total. The van der Waals surface area contributed by atoms with Crippen molar-refractivity contribution < 1.29 is 9.59 Å². The number of rotatable bonds is 7. The van der Waals surface area contributed by atoms with Crippen LogP contribution < -0.4 is 16.4 Å². The number of amides is 2. The molecule has 0 fully saturated rings. The van der Waals surface area contributed by atoms with Crippen molar-refractivity contribution >= 4 is 11.8 Å². The minimum absolute atomic E-state index is 0.116. The van der Waals surface area contributed by atoms with E-state index in [0.717, 1.165) is 6.42 Å². The van der Waals surface area contributed by atoms with Crippen LogP contribution >= 0.6 is 0 Å². The minimum atomic E-state index is -0.702. The van der Waals surface area contributed by atoms with E-state index in [4.69, 9.17) is 5.73 Å². The molecule has 0 aliphatic carbocycles. The molecule has 0 rings (SSSR count). The van der Waals surface area contributed by atoms with E-state index in [2.05, 4.69) is 10.6 Å². The van der Waals surface area contributed by atoms with Crippen molar-refractivity contribution in [3.63, 3.8) is 0 Å². The van der Waals surface area contributed by atoms with Gasteiger partial charge in [-0.2, -0.15) is 0 Å². The summed E-state index contributed by atoms with van der Waals surface area (Å²) in [5.74, 6) is -0.530. The normalized spacial score (nSPS) is 13.2. The van der Waals surface area contributed by atoms with E-state index in [0.29, 0.717) is 6.04 Å². The van der Waals surface area contributed by atoms with Gasteiger partial charge in [-0.1, -0.05) is 6.92 Å². The number of carbonyl (C=O) groups is 2. The van der Waals surface area contributed by atoms with E-state index in [1.165, 1.54) is 0 Å². The largest absolute Gasteiger partial charge is 0.369 e. The van der Waals surface area contributed by atoms with E-state index >= 15 is 0 Å². The Morgan fingerprint density at radius 3 is 2.38 bits per heavy atom. The second-order valence-corrected chi connectivity index (χ2v) is 4.72. The summed E-state index contributed by atoms with van der Waals surface area (Å²) in [5, 5.41) is 5.75. The molecule has 0 aromatic carbocycles. The van der Waals surface area contributed by atoms with Gasteiger partial charge in [0, 0.05) is 12.6 Å². The lowest BCUT2D eigenvalue weighted by Gasteiger charge is -2.21. The Balaban J connectivity index is 3.86. The zero-order valence-corrected chi connectivity index (χ0v) is 10.6. The third kappa shape index (κ3) is 5.70. The summed E-state index contributed by atoms with van der Waals surface area (Å²) in [6, 6.07) is 0.315. The lowest BCUT2D eigenvalue weighted by Crippen LogP contribution is -2.45. The number of carbonyl (C=O) groups excluding carboxylic acids is 2. The first-order valence-electron chi connectivity index (χ1n) is 5.59. The Morgan fingerprint density at radius 2 is 1.94 bits per heavy atom. The molecule has 0 saturated carbocycles. The van der Waals surface area contributed by atoms with Crippen molar-refractivity contribution in [1.82, 2.24) is 10.6 Å². The monoisotopic (exact) mass is 229 g/mol. The van der Waals surface area contributed by atoms with Crippen molar-refractivity contribution in [2.75, 3.05) is 13.1 Å². The molecule has 4 N–H and O–H groups in total. The Labute approximate surface area is 97.2 Å². The maximum absolute atomic E-state index is 11.4. The number of hydrogen-bond acceptors (Lipinski definition) is 3. The van der Waals surface area contributed by atoms with Crippen LogP contribution in [-0.4, -0.2) is 30.9 Å². The third-order valence-electron chi connectivity index (χ3n) is 2.62. The zero-order valence-electron chi connectivity index (χ0n) is 10.6. The summed E-state index contributed by atoms with van der Waals surface area (Å²) in [6.07, 6.45) is 0.972. The molecule has 16 heavy (non-hydrogen) atoms. The molecule has 1 atom stereocenters. The van der Waals surface area contributed by atoms with Crippen molar-refractivity contribution in [1.29, 1.82) is 0 Å². The maximum atomic E-state index is 11.4. The van der Waals surface area contributed by atoms with Crippen molar-refractivity contribution in [2.45, 2.75) is 40.2 Å². The lowest BCUT2D eigenvalue weighted by atomic mass is 9.93. The van der Waals surface area contributed by atoms with Crippen LogP contribution in [0.1, 0.15) is 34.1 Å².